The van der Waals surface area contributed by atoms with Crippen LogP contribution >= 0.6 is 0 Å². The van der Waals surface area contributed by atoms with E-state index in [0.717, 1.165) is 16.9 Å². The van der Waals surface area contributed by atoms with Crippen molar-refractivity contribution < 1.29 is 4.39 Å². The van der Waals surface area contributed by atoms with Crippen molar-refractivity contribution in [1.29, 1.82) is 0 Å². The molecule has 4 nitrogen and oxygen atoms in total. The van der Waals surface area contributed by atoms with Crippen molar-refractivity contribution in [3.05, 3.63) is 77.4 Å². The van der Waals surface area contributed by atoms with Crippen LogP contribution in [0.15, 0.2) is 54.7 Å². The average molecular weight is 282 g/mol. The Balaban J connectivity index is 2.01. The summed E-state index contributed by atoms with van der Waals surface area (Å²) in [7, 11) is 0. The lowest BCUT2D eigenvalue weighted by atomic mass is 10.0. The minimum absolute atomic E-state index is 0.236. The van der Waals surface area contributed by atoms with Gasteiger partial charge in [-0.2, -0.15) is 0 Å². The second kappa shape index (κ2) is 5.46. The summed E-state index contributed by atoms with van der Waals surface area (Å²) in [5.41, 5.74) is 9.34. The SMILES string of the molecule is Cc1cc(C(N)c2cnnn2-c2ccccc2)ccc1F. The molecule has 0 spiro atoms. The number of nitrogens with zero attached hydrogens (tertiary/aromatic N) is 3. The topological polar surface area (TPSA) is 56.7 Å². The van der Waals surface area contributed by atoms with Crippen LogP contribution in [-0.4, -0.2) is 15.0 Å². The van der Waals surface area contributed by atoms with Crippen LogP contribution in [0.4, 0.5) is 4.39 Å². The molecule has 0 bridgehead atoms. The predicted octanol–water partition coefficient (Wildman–Crippen LogP) is 2.76. The van der Waals surface area contributed by atoms with Crippen molar-refractivity contribution in [2.75, 3.05) is 0 Å². The Morgan fingerprint density at radius 3 is 2.62 bits per heavy atom. The summed E-state index contributed by atoms with van der Waals surface area (Å²) in [5, 5.41) is 8.03. The van der Waals surface area contributed by atoms with Crippen LogP contribution in [0.1, 0.15) is 22.9 Å². The molecule has 0 radical (unpaired) electrons. The summed E-state index contributed by atoms with van der Waals surface area (Å²) >= 11 is 0. The first kappa shape index (κ1) is 13.5. The van der Waals surface area contributed by atoms with Crippen molar-refractivity contribution in [1.82, 2.24) is 15.0 Å². The summed E-state index contributed by atoms with van der Waals surface area (Å²) in [4.78, 5) is 0. The van der Waals surface area contributed by atoms with E-state index < -0.39 is 6.04 Å². The molecule has 106 valence electrons. The number of nitrogens with two attached hydrogens (primary N) is 1. The summed E-state index contributed by atoms with van der Waals surface area (Å²) in [6.07, 6.45) is 1.64. The van der Waals surface area contributed by atoms with E-state index in [1.165, 1.54) is 6.07 Å². The van der Waals surface area contributed by atoms with Crippen LogP contribution in [0.3, 0.4) is 0 Å². The number of aromatic nitrogens is 3. The standard InChI is InChI=1S/C16H15FN4/c1-11-9-12(7-8-14(11)17)16(18)15-10-19-20-21(15)13-5-3-2-4-6-13/h2-10,16H,18H2,1H3. The minimum Gasteiger partial charge on any atom is -0.319 e. The van der Waals surface area contributed by atoms with Gasteiger partial charge in [-0.15, -0.1) is 5.10 Å². The smallest absolute Gasteiger partial charge is 0.126 e. The first-order valence-electron chi connectivity index (χ1n) is 6.64. The van der Waals surface area contributed by atoms with Gasteiger partial charge >= 0.3 is 0 Å². The molecule has 1 atom stereocenters. The first-order valence-corrected chi connectivity index (χ1v) is 6.64. The van der Waals surface area contributed by atoms with Crippen molar-refractivity contribution in [2.24, 2.45) is 5.73 Å². The van der Waals surface area contributed by atoms with E-state index in [-0.39, 0.29) is 5.82 Å². The van der Waals surface area contributed by atoms with E-state index in [2.05, 4.69) is 10.3 Å². The largest absolute Gasteiger partial charge is 0.319 e. The Hall–Kier alpha value is -2.53. The number of halogens is 1. The first-order chi connectivity index (χ1) is 10.2. The van der Waals surface area contributed by atoms with E-state index >= 15 is 0 Å². The van der Waals surface area contributed by atoms with Crippen molar-refractivity contribution in [3.8, 4) is 5.69 Å². The maximum atomic E-state index is 13.4. The van der Waals surface area contributed by atoms with Gasteiger partial charge in [-0.1, -0.05) is 35.5 Å². The van der Waals surface area contributed by atoms with E-state index in [4.69, 9.17) is 5.73 Å². The summed E-state index contributed by atoms with van der Waals surface area (Å²) in [6, 6.07) is 14.1. The highest BCUT2D eigenvalue weighted by Gasteiger charge is 2.16. The number of aryl methyl sites for hydroxylation is 1. The fourth-order valence-corrected chi connectivity index (χ4v) is 2.26. The Labute approximate surface area is 122 Å². The highest BCUT2D eigenvalue weighted by molar-refractivity contribution is 5.36. The number of hydrogen-bond donors (Lipinski definition) is 1. The average Bonchev–Trinajstić information content (AvgIpc) is 2.99. The molecule has 0 aliphatic carbocycles. The number of para-hydroxylation sites is 1. The molecule has 21 heavy (non-hydrogen) atoms. The second-order valence-electron chi connectivity index (χ2n) is 4.89. The predicted molar refractivity (Wildman–Crippen MR) is 78.5 cm³/mol. The van der Waals surface area contributed by atoms with Crippen LogP contribution in [0.5, 0.6) is 0 Å². The molecular formula is C16H15FN4. The highest BCUT2D eigenvalue weighted by atomic mass is 19.1. The van der Waals surface area contributed by atoms with Crippen LogP contribution in [0.2, 0.25) is 0 Å². The van der Waals surface area contributed by atoms with Crippen LogP contribution in [0.25, 0.3) is 5.69 Å². The summed E-state index contributed by atoms with van der Waals surface area (Å²) in [5.74, 6) is -0.236. The maximum absolute atomic E-state index is 13.4. The van der Waals surface area contributed by atoms with E-state index in [1.807, 2.05) is 30.3 Å². The van der Waals surface area contributed by atoms with Gasteiger partial charge in [-0.3, -0.25) is 0 Å². The van der Waals surface area contributed by atoms with Crippen LogP contribution < -0.4 is 5.73 Å². The summed E-state index contributed by atoms with van der Waals surface area (Å²) < 4.78 is 15.1. The van der Waals surface area contributed by atoms with Gasteiger partial charge in [0.1, 0.15) is 5.82 Å². The van der Waals surface area contributed by atoms with Crippen molar-refractivity contribution >= 4 is 0 Å². The molecule has 3 aromatic rings. The van der Waals surface area contributed by atoms with Gasteiger partial charge in [-0.25, -0.2) is 9.07 Å². The molecule has 0 amide bonds. The van der Waals surface area contributed by atoms with Crippen molar-refractivity contribution in [3.63, 3.8) is 0 Å². The second-order valence-corrected chi connectivity index (χ2v) is 4.89. The molecule has 0 fully saturated rings. The zero-order chi connectivity index (χ0) is 14.8. The number of hydrogen-bond acceptors (Lipinski definition) is 3. The molecule has 0 aliphatic rings. The minimum atomic E-state index is -0.417. The van der Waals surface area contributed by atoms with Crippen LogP contribution in [0, 0.1) is 12.7 Å². The Bertz CT molecular complexity index is 752. The van der Waals surface area contributed by atoms with Gasteiger partial charge in [-0.05, 0) is 36.2 Å². The zero-order valence-electron chi connectivity index (χ0n) is 11.6. The molecule has 2 N–H and O–H groups in total. The van der Waals surface area contributed by atoms with Gasteiger partial charge < -0.3 is 5.73 Å². The third kappa shape index (κ3) is 2.55. The summed E-state index contributed by atoms with van der Waals surface area (Å²) in [6.45, 7) is 1.72. The van der Waals surface area contributed by atoms with Crippen LogP contribution in [-0.2, 0) is 0 Å². The van der Waals surface area contributed by atoms with E-state index in [1.54, 1.807) is 29.9 Å². The molecule has 2 aromatic carbocycles. The van der Waals surface area contributed by atoms with E-state index in [0.29, 0.717) is 5.56 Å². The molecule has 0 saturated carbocycles. The molecular weight excluding hydrogens is 267 g/mol. The fourth-order valence-electron chi connectivity index (χ4n) is 2.26. The lowest BCUT2D eigenvalue weighted by Gasteiger charge is -2.14. The lowest BCUT2D eigenvalue weighted by Crippen LogP contribution is -2.17. The Morgan fingerprint density at radius 1 is 1.14 bits per heavy atom. The third-order valence-corrected chi connectivity index (χ3v) is 3.44. The normalized spacial score (nSPS) is 12.3. The molecule has 3 rings (SSSR count). The molecule has 1 heterocycles. The zero-order valence-corrected chi connectivity index (χ0v) is 11.6. The van der Waals surface area contributed by atoms with Crippen molar-refractivity contribution in [2.45, 2.75) is 13.0 Å². The number of rotatable bonds is 3. The van der Waals surface area contributed by atoms with Gasteiger partial charge in [0.05, 0.1) is 23.6 Å². The molecule has 1 aromatic heterocycles. The monoisotopic (exact) mass is 282 g/mol. The van der Waals surface area contributed by atoms with Gasteiger partial charge in [0.25, 0.3) is 0 Å². The molecule has 1 unspecified atom stereocenters. The Morgan fingerprint density at radius 2 is 1.90 bits per heavy atom. The van der Waals surface area contributed by atoms with Gasteiger partial charge in [0.15, 0.2) is 0 Å². The van der Waals surface area contributed by atoms with E-state index in [9.17, 15) is 4.39 Å². The number of benzene rings is 2. The fraction of sp³-hybridized carbons (Fsp3) is 0.125. The highest BCUT2D eigenvalue weighted by Crippen LogP contribution is 2.22. The quantitative estimate of drug-likeness (QED) is 0.803. The maximum Gasteiger partial charge on any atom is 0.126 e. The Kier molecular flexibility index (Phi) is 3.50. The molecule has 0 aliphatic heterocycles. The van der Waals surface area contributed by atoms with Gasteiger partial charge in [0.2, 0.25) is 0 Å². The van der Waals surface area contributed by atoms with Gasteiger partial charge in [0, 0.05) is 0 Å². The third-order valence-electron chi connectivity index (χ3n) is 3.44. The molecule has 5 heteroatoms. The lowest BCUT2D eigenvalue weighted by molar-refractivity contribution is 0.616. The molecule has 0 saturated heterocycles.